The van der Waals surface area contributed by atoms with E-state index in [9.17, 15) is 22.0 Å². The molecule has 8 rings (SSSR count). The number of benzene rings is 3. The molecule has 0 radical (unpaired) electrons. The molecule has 0 spiro atoms. The van der Waals surface area contributed by atoms with Gasteiger partial charge in [0.1, 0.15) is 40.2 Å². The van der Waals surface area contributed by atoms with E-state index in [1.54, 1.807) is 48.5 Å². The Morgan fingerprint density at radius 1 is 1.00 bits per heavy atom. The molecule has 256 valence electrons. The predicted octanol–water partition coefficient (Wildman–Crippen LogP) is 7.72. The van der Waals surface area contributed by atoms with E-state index in [2.05, 4.69) is 15.0 Å². The van der Waals surface area contributed by atoms with Crippen LogP contribution in [0.2, 0.25) is 0 Å². The standard InChI is InChI=1S/C37H27F2N5O6S/c1-3-51(46,47)43-28-17-32-25(34(37(45)40-2)36(50-32)20-7-14-33(41-18-20)49-22-10-8-21(38)9-11-22)15-24(28)27-12-13-31-35(42-27)30-16-23-26(39)5-4-6-29(23)44(30)19-48-31/h4-18,43H,3,19H2,1-2H3,(H,40,45). The third kappa shape index (κ3) is 5.68. The normalized spacial score (nSPS) is 12.3. The molecular weight excluding hydrogens is 680 g/mol. The van der Waals surface area contributed by atoms with Gasteiger partial charge in [-0.05, 0) is 73.7 Å². The number of fused-ring (bicyclic) bond motifs is 6. The summed E-state index contributed by atoms with van der Waals surface area (Å²) in [4.78, 5) is 22.7. The molecule has 0 aliphatic carbocycles. The fourth-order valence-electron chi connectivity index (χ4n) is 6.05. The molecule has 0 saturated heterocycles. The number of ether oxygens (including phenoxy) is 2. The van der Waals surface area contributed by atoms with Gasteiger partial charge in [0.25, 0.3) is 5.91 Å². The molecule has 51 heavy (non-hydrogen) atoms. The second-order valence-corrected chi connectivity index (χ2v) is 13.7. The lowest BCUT2D eigenvalue weighted by atomic mass is 10.0. The van der Waals surface area contributed by atoms with Crippen LogP contribution in [0.25, 0.3) is 55.8 Å². The number of carbonyl (C=O) groups excluding carboxylic acids is 1. The molecule has 4 aromatic heterocycles. The van der Waals surface area contributed by atoms with Crippen molar-refractivity contribution in [2.75, 3.05) is 17.5 Å². The minimum absolute atomic E-state index is 0.158. The number of halogens is 2. The van der Waals surface area contributed by atoms with Crippen LogP contribution < -0.4 is 19.5 Å². The van der Waals surface area contributed by atoms with Crippen LogP contribution in [0.5, 0.6) is 17.4 Å². The quantitative estimate of drug-likeness (QED) is 0.164. The van der Waals surface area contributed by atoms with E-state index in [-0.39, 0.29) is 46.8 Å². The topological polar surface area (TPSA) is 138 Å². The van der Waals surface area contributed by atoms with Gasteiger partial charge in [-0.25, -0.2) is 27.2 Å². The zero-order chi connectivity index (χ0) is 35.4. The molecule has 0 unspecified atom stereocenters. The number of carbonyl (C=O) groups is 1. The largest absolute Gasteiger partial charge is 0.470 e. The minimum atomic E-state index is -3.78. The second kappa shape index (κ2) is 12.2. The summed E-state index contributed by atoms with van der Waals surface area (Å²) in [6, 6.07) is 21.8. The van der Waals surface area contributed by atoms with Crippen LogP contribution in [0.3, 0.4) is 0 Å². The van der Waals surface area contributed by atoms with E-state index < -0.39 is 21.7 Å². The molecular formula is C37H27F2N5O6S. The van der Waals surface area contributed by atoms with E-state index >= 15 is 0 Å². The maximum Gasteiger partial charge on any atom is 0.255 e. The van der Waals surface area contributed by atoms with Crippen molar-refractivity contribution in [3.63, 3.8) is 0 Å². The molecule has 0 fully saturated rings. The number of pyridine rings is 2. The van der Waals surface area contributed by atoms with E-state index in [1.807, 2.05) is 4.57 Å². The summed E-state index contributed by atoms with van der Waals surface area (Å²) in [7, 11) is -2.30. The summed E-state index contributed by atoms with van der Waals surface area (Å²) in [5, 5.41) is 3.46. The molecule has 14 heteroatoms. The van der Waals surface area contributed by atoms with Crippen molar-refractivity contribution in [3.8, 4) is 51.3 Å². The first kappa shape index (κ1) is 32.0. The van der Waals surface area contributed by atoms with Gasteiger partial charge >= 0.3 is 0 Å². The van der Waals surface area contributed by atoms with Crippen molar-refractivity contribution in [2.45, 2.75) is 13.7 Å². The average molecular weight is 708 g/mol. The highest BCUT2D eigenvalue weighted by atomic mass is 32.2. The molecule has 1 aliphatic heterocycles. The molecule has 7 aromatic rings. The Hall–Kier alpha value is -6.28. The number of nitrogens with zero attached hydrogens (tertiary/aromatic N) is 3. The molecule has 1 aliphatic rings. The van der Waals surface area contributed by atoms with Gasteiger partial charge in [0.15, 0.2) is 6.73 Å². The van der Waals surface area contributed by atoms with Gasteiger partial charge in [-0.2, -0.15) is 0 Å². The number of nitrogens with one attached hydrogen (secondary N) is 2. The Labute approximate surface area is 289 Å². The van der Waals surface area contributed by atoms with Crippen LogP contribution in [0.1, 0.15) is 17.3 Å². The molecule has 5 heterocycles. The highest BCUT2D eigenvalue weighted by Crippen LogP contribution is 2.43. The molecule has 0 saturated carbocycles. The first-order valence-electron chi connectivity index (χ1n) is 15.8. The van der Waals surface area contributed by atoms with Gasteiger partial charge in [-0.3, -0.25) is 9.52 Å². The van der Waals surface area contributed by atoms with Crippen molar-refractivity contribution in [3.05, 3.63) is 108 Å². The first-order valence-corrected chi connectivity index (χ1v) is 17.4. The lowest BCUT2D eigenvalue weighted by molar-refractivity contribution is 0.0964. The third-order valence-corrected chi connectivity index (χ3v) is 9.87. The van der Waals surface area contributed by atoms with Crippen LogP contribution in [-0.2, 0) is 16.8 Å². The van der Waals surface area contributed by atoms with Crippen LogP contribution in [0, 0.1) is 11.6 Å². The summed E-state index contributed by atoms with van der Waals surface area (Å²) in [6.07, 6.45) is 1.47. The number of amides is 1. The van der Waals surface area contributed by atoms with Crippen molar-refractivity contribution in [1.29, 1.82) is 0 Å². The van der Waals surface area contributed by atoms with Crippen molar-refractivity contribution in [1.82, 2.24) is 19.9 Å². The summed E-state index contributed by atoms with van der Waals surface area (Å²) >= 11 is 0. The Bertz CT molecular complexity index is 2620. The highest BCUT2D eigenvalue weighted by molar-refractivity contribution is 7.92. The molecule has 11 nitrogen and oxygen atoms in total. The molecule has 0 atom stereocenters. The average Bonchev–Trinajstić information content (AvgIpc) is 3.71. The number of sulfonamides is 1. The van der Waals surface area contributed by atoms with Gasteiger partial charge in [-0.15, -0.1) is 0 Å². The molecule has 3 aromatic carbocycles. The van der Waals surface area contributed by atoms with Gasteiger partial charge in [-0.1, -0.05) is 6.07 Å². The minimum Gasteiger partial charge on any atom is -0.470 e. The fraction of sp³-hybridized carbons (Fsp3) is 0.108. The van der Waals surface area contributed by atoms with E-state index in [1.165, 1.54) is 56.6 Å². The van der Waals surface area contributed by atoms with Crippen LogP contribution >= 0.6 is 0 Å². The molecule has 1 amide bonds. The summed E-state index contributed by atoms with van der Waals surface area (Å²) in [5.74, 6) is -0.164. The zero-order valence-corrected chi connectivity index (χ0v) is 27.8. The third-order valence-electron chi connectivity index (χ3n) is 8.58. The first-order chi connectivity index (χ1) is 24.6. The van der Waals surface area contributed by atoms with Gasteiger partial charge in [0.2, 0.25) is 15.9 Å². The van der Waals surface area contributed by atoms with Gasteiger partial charge in [0, 0.05) is 47.3 Å². The van der Waals surface area contributed by atoms with Gasteiger partial charge in [0.05, 0.1) is 33.9 Å². The number of furan rings is 1. The highest BCUT2D eigenvalue weighted by Gasteiger charge is 2.27. The Morgan fingerprint density at radius 3 is 2.57 bits per heavy atom. The second-order valence-electron chi connectivity index (χ2n) is 11.7. The maximum atomic E-state index is 14.8. The number of anilines is 1. The zero-order valence-electron chi connectivity index (χ0n) is 27.0. The van der Waals surface area contributed by atoms with Crippen molar-refractivity contribution in [2.24, 2.45) is 0 Å². The van der Waals surface area contributed by atoms with Crippen molar-refractivity contribution < 1.29 is 35.9 Å². The Kier molecular flexibility index (Phi) is 7.67. The number of aromatic nitrogens is 3. The molecule has 2 N–H and O–H groups in total. The number of rotatable bonds is 8. The van der Waals surface area contributed by atoms with E-state index in [4.69, 9.17) is 18.9 Å². The summed E-state index contributed by atoms with van der Waals surface area (Å²) < 4.78 is 76.3. The van der Waals surface area contributed by atoms with E-state index in [0.29, 0.717) is 56.0 Å². The summed E-state index contributed by atoms with van der Waals surface area (Å²) in [5.41, 5.74) is 3.46. The molecule has 0 bridgehead atoms. The van der Waals surface area contributed by atoms with Crippen LogP contribution in [0.4, 0.5) is 14.5 Å². The fourth-order valence-corrected chi connectivity index (χ4v) is 6.69. The number of hydrogen-bond acceptors (Lipinski definition) is 8. The van der Waals surface area contributed by atoms with Crippen LogP contribution in [-0.4, -0.2) is 41.7 Å². The van der Waals surface area contributed by atoms with Crippen molar-refractivity contribution >= 4 is 43.5 Å². The monoisotopic (exact) mass is 707 g/mol. The lowest BCUT2D eigenvalue weighted by Gasteiger charge is -2.21. The summed E-state index contributed by atoms with van der Waals surface area (Å²) in [6.45, 7) is 1.67. The van der Waals surface area contributed by atoms with E-state index in [0.717, 1.165) is 0 Å². The predicted molar refractivity (Wildman–Crippen MR) is 187 cm³/mol. The SMILES string of the molecule is CCS(=O)(=O)Nc1cc2oc(-c3ccc(Oc4ccc(F)cc4)nc3)c(C(=O)NC)c2cc1-c1ccc2c(n1)-c1cc3c(F)cccc3n1CO2. The Morgan fingerprint density at radius 2 is 1.82 bits per heavy atom. The maximum absolute atomic E-state index is 14.8. The smallest absolute Gasteiger partial charge is 0.255 e. The van der Waals surface area contributed by atoms with Gasteiger partial charge < -0.3 is 23.8 Å². The Balaban J connectivity index is 1.27. The van der Waals surface area contributed by atoms with Crippen LogP contribution in [0.15, 0.2) is 95.5 Å². The lowest BCUT2D eigenvalue weighted by Crippen LogP contribution is -2.18. The number of hydrogen-bond donors (Lipinski definition) is 2.